The molecule has 1 fully saturated rings. The number of aromatic nitrogens is 1. The van der Waals surface area contributed by atoms with Crippen LogP contribution in [0.15, 0.2) is 167 Å². The summed E-state index contributed by atoms with van der Waals surface area (Å²) < 4.78 is 18.5. The maximum Gasteiger partial charge on any atom is 0.356 e. The highest BCUT2D eigenvalue weighted by atomic mass is 32.2. The van der Waals surface area contributed by atoms with Gasteiger partial charge in [0.25, 0.3) is 11.8 Å². The second-order valence-corrected chi connectivity index (χ2v) is 15.9. The van der Waals surface area contributed by atoms with E-state index in [9.17, 15) is 24.4 Å². The maximum atomic E-state index is 14.4. The minimum absolute atomic E-state index is 0.00695. The lowest BCUT2D eigenvalue weighted by Gasteiger charge is -2.49. The van der Waals surface area contributed by atoms with Crippen LogP contribution in [0, 0.1) is 0 Å². The molecule has 0 saturated carbocycles. The van der Waals surface area contributed by atoms with E-state index in [0.717, 1.165) is 33.6 Å². The summed E-state index contributed by atoms with van der Waals surface area (Å²) >= 11 is 2.38. The minimum Gasteiger partial charge on any atom is -0.489 e. The zero-order valence-corrected chi connectivity index (χ0v) is 33.8. The first kappa shape index (κ1) is 40.5. The van der Waals surface area contributed by atoms with Gasteiger partial charge in [-0.1, -0.05) is 126 Å². The third-order valence-corrected chi connectivity index (χ3v) is 12.0. The number of ether oxygens (including phenoxy) is 3. The Morgan fingerprint density at radius 2 is 1.28 bits per heavy atom. The molecule has 8 rings (SSSR count). The molecule has 15 heteroatoms. The third kappa shape index (κ3) is 8.88. The summed E-state index contributed by atoms with van der Waals surface area (Å²) in [4.78, 5) is 60.4. The summed E-state index contributed by atoms with van der Waals surface area (Å²) in [6, 6.07) is 42.9. The molecule has 5 aromatic carbocycles. The van der Waals surface area contributed by atoms with Crippen molar-refractivity contribution in [3.05, 3.63) is 196 Å². The highest BCUT2D eigenvalue weighted by Crippen LogP contribution is 2.42. The SMILES string of the molecule is Nc1nc(C(=NO)C(=O)NC2C(=O)N3C(C(=O)OC(c4ccccc4)c4ccccc4)=C(COc4ccc(C(=O)OC(c5ccccc5)c5ccccc5)cc4)CS[C@@H]23)cs1. The minimum atomic E-state index is -1.06. The van der Waals surface area contributed by atoms with Crippen LogP contribution in [0.4, 0.5) is 5.13 Å². The van der Waals surface area contributed by atoms with E-state index >= 15 is 0 Å². The molecule has 0 aliphatic carbocycles. The van der Waals surface area contributed by atoms with Crippen molar-refractivity contribution in [3.8, 4) is 5.75 Å². The number of fused-ring (bicyclic) bond motifs is 1. The van der Waals surface area contributed by atoms with Crippen LogP contribution in [0.5, 0.6) is 5.75 Å². The molecule has 2 amide bonds. The highest BCUT2D eigenvalue weighted by Gasteiger charge is 2.55. The van der Waals surface area contributed by atoms with E-state index in [1.54, 1.807) is 24.3 Å². The Kier molecular flexibility index (Phi) is 12.2. The molecule has 13 nitrogen and oxygen atoms in total. The molecule has 6 aromatic rings. The monoisotopic (exact) mass is 851 g/mol. The van der Waals surface area contributed by atoms with Gasteiger partial charge in [-0.05, 0) is 46.5 Å². The molecule has 0 radical (unpaired) electrons. The first-order chi connectivity index (χ1) is 29.8. The molecule has 1 unspecified atom stereocenters. The number of hydrogen-bond acceptors (Lipinski definition) is 13. The average Bonchev–Trinajstić information content (AvgIpc) is 3.74. The molecule has 2 aliphatic rings. The summed E-state index contributed by atoms with van der Waals surface area (Å²) in [5, 5.41) is 16.3. The van der Waals surface area contributed by atoms with E-state index < -0.39 is 53.1 Å². The number of anilines is 1. The number of nitrogen functional groups attached to an aromatic ring is 1. The van der Waals surface area contributed by atoms with Gasteiger partial charge >= 0.3 is 11.9 Å². The van der Waals surface area contributed by atoms with Crippen molar-refractivity contribution in [2.75, 3.05) is 18.1 Å². The Hall–Kier alpha value is -7.23. The van der Waals surface area contributed by atoms with Gasteiger partial charge in [0, 0.05) is 16.7 Å². The van der Waals surface area contributed by atoms with Gasteiger partial charge < -0.3 is 30.5 Å². The molecule has 0 bridgehead atoms. The quantitative estimate of drug-likeness (QED) is 0.0340. The maximum absolute atomic E-state index is 14.4. The second kappa shape index (κ2) is 18.4. The lowest BCUT2D eigenvalue weighted by molar-refractivity contribution is -0.154. The van der Waals surface area contributed by atoms with Crippen molar-refractivity contribution in [1.82, 2.24) is 15.2 Å². The van der Waals surface area contributed by atoms with Crippen LogP contribution in [-0.2, 0) is 23.9 Å². The number of thioether (sulfide) groups is 1. The molecular formula is C46H37N5O8S2. The molecule has 306 valence electrons. The normalized spacial score (nSPS) is 16.1. The van der Waals surface area contributed by atoms with E-state index in [2.05, 4.69) is 15.5 Å². The molecule has 0 spiro atoms. The van der Waals surface area contributed by atoms with Crippen LogP contribution in [0.2, 0.25) is 0 Å². The van der Waals surface area contributed by atoms with E-state index in [4.69, 9.17) is 19.9 Å². The lowest BCUT2D eigenvalue weighted by Crippen LogP contribution is -2.71. The Balaban J connectivity index is 1.03. The standard InChI is InChI=1S/C46H37N5O8S2/c47-46-48-35(27-61-46)36(50-56)41(52)49-37-42(53)51-38(45(55)59-40(30-17-9-3-10-18-30)31-19-11-4-12-20-31)33(26-60-43(37)51)25-57-34-23-21-32(22-24-34)44(54)58-39(28-13-5-1-6-14-28)29-15-7-2-8-16-29/h1-24,27,37,39-40,43,56H,25-26H2,(H2,47,48)(H,49,52)/t37?,43-/m0/s1. The fourth-order valence-electron chi connectivity index (χ4n) is 6.97. The average molecular weight is 852 g/mol. The van der Waals surface area contributed by atoms with Crippen LogP contribution in [0.25, 0.3) is 0 Å². The number of carbonyl (C=O) groups is 4. The smallest absolute Gasteiger partial charge is 0.356 e. The number of nitrogens with one attached hydrogen (secondary N) is 1. The van der Waals surface area contributed by atoms with Crippen molar-refractivity contribution < 1.29 is 38.6 Å². The zero-order valence-electron chi connectivity index (χ0n) is 32.2. The molecule has 3 heterocycles. The number of nitrogens with zero attached hydrogens (tertiary/aromatic N) is 3. The van der Waals surface area contributed by atoms with Crippen LogP contribution >= 0.6 is 23.1 Å². The van der Waals surface area contributed by atoms with E-state index in [0.29, 0.717) is 16.9 Å². The van der Waals surface area contributed by atoms with Crippen LogP contribution in [0.1, 0.15) is 50.5 Å². The number of amides is 2. The number of carbonyl (C=O) groups excluding carboxylic acids is 4. The van der Waals surface area contributed by atoms with Crippen molar-refractivity contribution in [1.29, 1.82) is 0 Å². The molecule has 1 aromatic heterocycles. The van der Waals surface area contributed by atoms with Crippen molar-refractivity contribution >= 4 is 57.7 Å². The lowest BCUT2D eigenvalue weighted by atomic mass is 10.0. The third-order valence-electron chi connectivity index (χ3n) is 9.97. The summed E-state index contributed by atoms with van der Waals surface area (Å²) in [5.41, 5.74) is 9.22. The van der Waals surface area contributed by atoms with Gasteiger partial charge in [-0.25, -0.2) is 14.6 Å². The predicted molar refractivity (Wildman–Crippen MR) is 230 cm³/mol. The van der Waals surface area contributed by atoms with Crippen molar-refractivity contribution in [2.24, 2.45) is 5.16 Å². The summed E-state index contributed by atoms with van der Waals surface area (Å²) in [6.45, 7) is -0.104. The first-order valence-corrected chi connectivity index (χ1v) is 21.0. The number of rotatable bonds is 14. The number of nitrogens with two attached hydrogens (primary N) is 1. The number of benzene rings is 5. The molecule has 4 N–H and O–H groups in total. The summed E-state index contributed by atoms with van der Waals surface area (Å²) in [5.74, 6) is -2.07. The second-order valence-electron chi connectivity index (χ2n) is 13.9. The van der Waals surface area contributed by atoms with Gasteiger partial charge in [-0.15, -0.1) is 23.1 Å². The van der Waals surface area contributed by atoms with Gasteiger partial charge in [-0.3, -0.25) is 14.5 Å². The first-order valence-electron chi connectivity index (χ1n) is 19.0. The van der Waals surface area contributed by atoms with Crippen LogP contribution in [0.3, 0.4) is 0 Å². The van der Waals surface area contributed by atoms with Crippen LogP contribution in [-0.4, -0.2) is 68.3 Å². The number of oxime groups is 1. The fraction of sp³-hybridized carbons (Fsp3) is 0.130. The van der Waals surface area contributed by atoms with Gasteiger partial charge in [0.15, 0.2) is 23.1 Å². The largest absolute Gasteiger partial charge is 0.489 e. The fourth-order valence-corrected chi connectivity index (χ4v) is 8.84. The number of hydrogen-bond donors (Lipinski definition) is 3. The van der Waals surface area contributed by atoms with Crippen molar-refractivity contribution in [2.45, 2.75) is 23.6 Å². The van der Waals surface area contributed by atoms with Crippen LogP contribution < -0.4 is 15.8 Å². The zero-order chi connectivity index (χ0) is 42.3. The molecular weight excluding hydrogens is 815 g/mol. The number of esters is 2. The van der Waals surface area contributed by atoms with Crippen molar-refractivity contribution in [3.63, 3.8) is 0 Å². The number of thiazole rings is 1. The van der Waals surface area contributed by atoms with Gasteiger partial charge in [0.05, 0.1) is 5.56 Å². The molecule has 61 heavy (non-hydrogen) atoms. The Bertz CT molecular complexity index is 2510. The molecule has 1 saturated heterocycles. The Labute approximate surface area is 358 Å². The van der Waals surface area contributed by atoms with E-state index in [1.165, 1.54) is 22.0 Å². The highest BCUT2D eigenvalue weighted by molar-refractivity contribution is 8.00. The predicted octanol–water partition coefficient (Wildman–Crippen LogP) is 6.92. The van der Waals surface area contributed by atoms with E-state index in [1.807, 2.05) is 121 Å². The van der Waals surface area contributed by atoms with E-state index in [-0.39, 0.29) is 28.9 Å². The molecule has 2 aliphatic heterocycles. The van der Waals surface area contributed by atoms with Gasteiger partial charge in [-0.2, -0.15) is 0 Å². The van der Waals surface area contributed by atoms with Gasteiger partial charge in [0.2, 0.25) is 0 Å². The Morgan fingerprint density at radius 3 is 1.75 bits per heavy atom. The summed E-state index contributed by atoms with van der Waals surface area (Å²) in [7, 11) is 0. The number of β-lactam (4-membered cyclic amide) rings is 1. The van der Waals surface area contributed by atoms with Gasteiger partial charge in [0.1, 0.15) is 35.2 Å². The summed E-state index contributed by atoms with van der Waals surface area (Å²) in [6.07, 6.45) is -1.43. The topological polar surface area (TPSA) is 183 Å². The molecule has 2 atom stereocenters. The Morgan fingerprint density at radius 1 is 0.770 bits per heavy atom.